The van der Waals surface area contributed by atoms with Crippen LogP contribution >= 0.6 is 11.3 Å². The van der Waals surface area contributed by atoms with Gasteiger partial charge in [-0.1, -0.05) is 12.5 Å². The van der Waals surface area contributed by atoms with Gasteiger partial charge in [0.2, 0.25) is 0 Å². The van der Waals surface area contributed by atoms with E-state index < -0.39 is 6.09 Å². The molecule has 2 amide bonds. The fourth-order valence-corrected chi connectivity index (χ4v) is 5.38. The summed E-state index contributed by atoms with van der Waals surface area (Å²) in [6.07, 6.45) is 1.42. The standard InChI is InChI=1S/C23H29N3O4S/c1-5-17(16-6-8-26(9-7-16)23(29)30)20-15(4)19(12-31-20)21(27)24-11-18-13(2)10-14(3)25-22(18)28/h10,12H,5-9,11H2,1-4H3,(H,24,27)(H,25,28)(H,29,30). The van der Waals surface area contributed by atoms with Crippen molar-refractivity contribution in [2.75, 3.05) is 13.1 Å². The lowest BCUT2D eigenvalue weighted by molar-refractivity contribution is 0.0950. The van der Waals surface area contributed by atoms with Gasteiger partial charge in [-0.3, -0.25) is 9.59 Å². The molecule has 31 heavy (non-hydrogen) atoms. The molecule has 2 aromatic heterocycles. The molecule has 3 rings (SSSR count). The molecule has 0 unspecified atom stereocenters. The lowest BCUT2D eigenvalue weighted by Gasteiger charge is -2.27. The highest BCUT2D eigenvalue weighted by atomic mass is 32.1. The number of hydrogen-bond acceptors (Lipinski definition) is 4. The van der Waals surface area contributed by atoms with Crippen LogP contribution in [0.3, 0.4) is 0 Å². The van der Waals surface area contributed by atoms with Gasteiger partial charge in [-0.25, -0.2) is 4.79 Å². The molecular formula is C23H29N3O4S. The van der Waals surface area contributed by atoms with Gasteiger partial charge in [-0.05, 0) is 62.8 Å². The van der Waals surface area contributed by atoms with Gasteiger partial charge in [0.25, 0.3) is 11.5 Å². The summed E-state index contributed by atoms with van der Waals surface area (Å²) in [5.41, 5.74) is 6.09. The van der Waals surface area contributed by atoms with E-state index in [1.165, 1.54) is 16.0 Å². The van der Waals surface area contributed by atoms with E-state index in [2.05, 4.69) is 17.2 Å². The zero-order valence-electron chi connectivity index (χ0n) is 18.4. The third kappa shape index (κ3) is 4.90. The van der Waals surface area contributed by atoms with E-state index >= 15 is 0 Å². The normalized spacial score (nSPS) is 13.9. The van der Waals surface area contributed by atoms with Crippen LogP contribution in [0, 0.1) is 20.8 Å². The largest absolute Gasteiger partial charge is 0.465 e. The van der Waals surface area contributed by atoms with Crippen LogP contribution in [-0.2, 0) is 6.54 Å². The van der Waals surface area contributed by atoms with Crippen LogP contribution in [0.15, 0.2) is 21.8 Å². The van der Waals surface area contributed by atoms with Gasteiger partial charge in [0, 0.05) is 41.1 Å². The first-order valence-corrected chi connectivity index (χ1v) is 11.4. The number of likely N-dealkylation sites (tertiary alicyclic amines) is 1. The Morgan fingerprint density at radius 1 is 1.23 bits per heavy atom. The number of carboxylic acid groups (broad SMARTS) is 1. The highest BCUT2D eigenvalue weighted by Crippen LogP contribution is 2.36. The molecule has 1 aliphatic heterocycles. The Hall–Kier alpha value is -2.87. The van der Waals surface area contributed by atoms with Crippen LogP contribution in [0.4, 0.5) is 4.79 Å². The summed E-state index contributed by atoms with van der Waals surface area (Å²) in [4.78, 5) is 41.5. The number of aromatic nitrogens is 1. The maximum Gasteiger partial charge on any atom is 0.407 e. The lowest BCUT2D eigenvalue weighted by Crippen LogP contribution is -2.35. The molecule has 0 spiro atoms. The number of hydrogen-bond donors (Lipinski definition) is 3. The maximum atomic E-state index is 12.8. The second-order valence-electron chi connectivity index (χ2n) is 7.93. The fourth-order valence-electron chi connectivity index (χ4n) is 4.14. The second-order valence-corrected chi connectivity index (χ2v) is 8.81. The Kier molecular flexibility index (Phi) is 7.00. The van der Waals surface area contributed by atoms with Crippen LogP contribution in [0.25, 0.3) is 5.57 Å². The zero-order chi connectivity index (χ0) is 22.7. The number of aryl methyl sites for hydroxylation is 2. The van der Waals surface area contributed by atoms with Gasteiger partial charge < -0.3 is 20.3 Å². The molecule has 166 valence electrons. The fraction of sp³-hybridized carbons (Fsp3) is 0.435. The number of carbonyl (C=O) groups excluding carboxylic acids is 1. The molecule has 0 saturated carbocycles. The van der Waals surface area contributed by atoms with Crippen molar-refractivity contribution in [2.45, 2.75) is 53.5 Å². The molecule has 1 aliphatic rings. The molecule has 0 bridgehead atoms. The number of nitrogens with one attached hydrogen (secondary N) is 2. The van der Waals surface area contributed by atoms with Crippen LogP contribution in [0.5, 0.6) is 0 Å². The predicted molar refractivity (Wildman–Crippen MR) is 123 cm³/mol. The minimum atomic E-state index is -0.869. The first-order valence-electron chi connectivity index (χ1n) is 10.5. The SMILES string of the molecule is CCC(=C1CCN(C(=O)O)CC1)c1scc(C(=O)NCc2c(C)cc(C)[nH]c2=O)c1C. The average molecular weight is 444 g/mol. The number of nitrogens with zero attached hydrogens (tertiary/aromatic N) is 1. The van der Waals surface area contributed by atoms with E-state index in [0.29, 0.717) is 24.2 Å². The number of rotatable bonds is 5. The van der Waals surface area contributed by atoms with E-state index in [0.717, 1.165) is 41.0 Å². The molecule has 7 nitrogen and oxygen atoms in total. The number of pyridine rings is 1. The minimum absolute atomic E-state index is 0.175. The monoisotopic (exact) mass is 443 g/mol. The number of H-pyrrole nitrogens is 1. The summed E-state index contributed by atoms with van der Waals surface area (Å²) < 4.78 is 0. The van der Waals surface area contributed by atoms with Gasteiger partial charge in [-0.2, -0.15) is 0 Å². The van der Waals surface area contributed by atoms with Crippen LogP contribution in [0.2, 0.25) is 0 Å². The van der Waals surface area contributed by atoms with Crippen molar-refractivity contribution in [3.05, 3.63) is 60.2 Å². The van der Waals surface area contributed by atoms with E-state index in [1.54, 1.807) is 11.3 Å². The van der Waals surface area contributed by atoms with E-state index in [-0.39, 0.29) is 18.0 Å². The quantitative estimate of drug-likeness (QED) is 0.643. The van der Waals surface area contributed by atoms with E-state index in [9.17, 15) is 19.5 Å². The lowest BCUT2D eigenvalue weighted by atomic mass is 9.93. The third-order valence-electron chi connectivity index (χ3n) is 5.90. The number of thiophene rings is 1. The van der Waals surface area contributed by atoms with Crippen molar-refractivity contribution in [3.8, 4) is 0 Å². The molecule has 3 N–H and O–H groups in total. The molecular weight excluding hydrogens is 414 g/mol. The van der Waals surface area contributed by atoms with Crippen molar-refractivity contribution in [1.29, 1.82) is 0 Å². The Balaban J connectivity index is 1.77. The summed E-state index contributed by atoms with van der Waals surface area (Å²) >= 11 is 1.55. The van der Waals surface area contributed by atoms with Gasteiger partial charge in [0.15, 0.2) is 0 Å². The Bertz CT molecular complexity index is 1090. The zero-order valence-corrected chi connectivity index (χ0v) is 19.2. The van der Waals surface area contributed by atoms with Gasteiger partial charge in [0.1, 0.15) is 0 Å². The van der Waals surface area contributed by atoms with Crippen molar-refractivity contribution in [2.24, 2.45) is 0 Å². The maximum absolute atomic E-state index is 12.8. The number of amides is 2. The van der Waals surface area contributed by atoms with Crippen LogP contribution in [-0.4, -0.2) is 40.1 Å². The molecule has 0 atom stereocenters. The van der Waals surface area contributed by atoms with Crippen LogP contribution in [0.1, 0.15) is 63.8 Å². The highest BCUT2D eigenvalue weighted by Gasteiger charge is 2.23. The average Bonchev–Trinajstić information content (AvgIpc) is 3.09. The van der Waals surface area contributed by atoms with E-state index in [4.69, 9.17) is 0 Å². The van der Waals surface area contributed by atoms with Gasteiger partial charge in [-0.15, -0.1) is 11.3 Å². The summed E-state index contributed by atoms with van der Waals surface area (Å²) in [7, 11) is 0. The molecule has 0 aromatic carbocycles. The first-order chi connectivity index (χ1) is 14.7. The van der Waals surface area contributed by atoms with Gasteiger partial charge >= 0.3 is 6.09 Å². The molecule has 8 heteroatoms. The smallest absolute Gasteiger partial charge is 0.407 e. The van der Waals surface area contributed by atoms with Crippen LogP contribution < -0.4 is 10.9 Å². The summed E-state index contributed by atoms with van der Waals surface area (Å²) in [6, 6.07) is 1.90. The minimum Gasteiger partial charge on any atom is -0.465 e. The molecule has 2 aromatic rings. The highest BCUT2D eigenvalue weighted by molar-refractivity contribution is 7.11. The Morgan fingerprint density at radius 2 is 1.90 bits per heavy atom. The van der Waals surface area contributed by atoms with E-state index in [1.807, 2.05) is 32.2 Å². The number of piperidine rings is 1. The molecule has 3 heterocycles. The topological polar surface area (TPSA) is 102 Å². The summed E-state index contributed by atoms with van der Waals surface area (Å²) in [5.74, 6) is -0.194. The molecule has 0 radical (unpaired) electrons. The Labute approximate surface area is 185 Å². The molecule has 0 aliphatic carbocycles. The number of aromatic amines is 1. The first kappa shape index (κ1) is 22.8. The Morgan fingerprint density at radius 3 is 2.48 bits per heavy atom. The predicted octanol–water partition coefficient (Wildman–Crippen LogP) is 4.23. The number of allylic oxidation sites excluding steroid dienone is 1. The van der Waals surface area contributed by atoms with Crippen molar-refractivity contribution in [1.82, 2.24) is 15.2 Å². The number of carbonyl (C=O) groups is 2. The summed E-state index contributed by atoms with van der Waals surface area (Å²) in [5, 5.41) is 13.9. The third-order valence-corrected chi connectivity index (χ3v) is 7.04. The second kappa shape index (κ2) is 9.51. The molecule has 1 saturated heterocycles. The van der Waals surface area contributed by atoms with Crippen molar-refractivity contribution >= 4 is 28.9 Å². The molecule has 1 fully saturated rings. The summed E-state index contributed by atoms with van der Waals surface area (Å²) in [6.45, 7) is 8.94. The van der Waals surface area contributed by atoms with Crippen molar-refractivity contribution < 1.29 is 14.7 Å². The van der Waals surface area contributed by atoms with Crippen molar-refractivity contribution in [3.63, 3.8) is 0 Å². The van der Waals surface area contributed by atoms with Gasteiger partial charge in [0.05, 0.1) is 5.56 Å².